The molecule has 2 aromatic rings. The molecule has 0 bridgehead atoms. The van der Waals surface area contributed by atoms with Gasteiger partial charge in [-0.3, -0.25) is 4.90 Å². The van der Waals surface area contributed by atoms with Crippen molar-refractivity contribution in [2.75, 3.05) is 26.7 Å². The van der Waals surface area contributed by atoms with Gasteiger partial charge in [-0.1, -0.05) is 36.8 Å². The molecule has 3 rings (SSSR count). The maximum absolute atomic E-state index is 5.18. The molecule has 6 nitrogen and oxygen atoms in total. The van der Waals surface area contributed by atoms with E-state index < -0.39 is 0 Å². The molecule has 29 heavy (non-hydrogen) atoms. The van der Waals surface area contributed by atoms with E-state index in [2.05, 4.69) is 51.7 Å². The van der Waals surface area contributed by atoms with E-state index in [1.165, 1.54) is 43.5 Å². The Morgan fingerprint density at radius 2 is 1.79 bits per heavy atom. The minimum atomic E-state index is 0.595. The molecule has 2 N–H and O–H groups in total. The van der Waals surface area contributed by atoms with Gasteiger partial charge in [0.1, 0.15) is 0 Å². The van der Waals surface area contributed by atoms with Crippen molar-refractivity contribution in [3.63, 3.8) is 0 Å². The lowest BCUT2D eigenvalue weighted by Gasteiger charge is -2.26. The Kier molecular flexibility index (Phi) is 8.31. The van der Waals surface area contributed by atoms with Gasteiger partial charge in [-0.25, -0.2) is 9.98 Å². The fourth-order valence-corrected chi connectivity index (χ4v) is 3.48. The second-order valence-electron chi connectivity index (χ2n) is 7.37. The van der Waals surface area contributed by atoms with Gasteiger partial charge in [-0.15, -0.1) is 0 Å². The Hall–Kier alpha value is -2.60. The van der Waals surface area contributed by atoms with E-state index in [4.69, 9.17) is 9.73 Å². The van der Waals surface area contributed by atoms with Crippen molar-refractivity contribution < 1.29 is 4.74 Å². The molecule has 2 heterocycles. The zero-order valence-electron chi connectivity index (χ0n) is 17.7. The van der Waals surface area contributed by atoms with E-state index in [1.54, 1.807) is 7.11 Å². The van der Waals surface area contributed by atoms with Crippen molar-refractivity contribution in [3.8, 4) is 5.88 Å². The highest BCUT2D eigenvalue weighted by atomic mass is 16.5. The lowest BCUT2D eigenvalue weighted by molar-refractivity contribution is 0.221. The van der Waals surface area contributed by atoms with Gasteiger partial charge in [-0.05, 0) is 50.0 Å². The molecule has 0 unspecified atom stereocenters. The van der Waals surface area contributed by atoms with Crippen molar-refractivity contribution in [1.29, 1.82) is 0 Å². The number of rotatable bonds is 8. The summed E-state index contributed by atoms with van der Waals surface area (Å²) < 4.78 is 5.18. The summed E-state index contributed by atoms with van der Waals surface area (Å²) in [6.07, 6.45) is 4.04. The molecule has 0 atom stereocenters. The van der Waals surface area contributed by atoms with Crippen LogP contribution in [-0.4, -0.2) is 42.6 Å². The van der Waals surface area contributed by atoms with Gasteiger partial charge in [0, 0.05) is 19.2 Å². The highest BCUT2D eigenvalue weighted by Crippen LogP contribution is 2.14. The molecule has 1 saturated heterocycles. The predicted molar refractivity (Wildman–Crippen MR) is 118 cm³/mol. The Bertz CT molecular complexity index is 769. The molecule has 1 fully saturated rings. The first kappa shape index (κ1) is 21.1. The van der Waals surface area contributed by atoms with E-state index in [-0.39, 0.29) is 0 Å². The van der Waals surface area contributed by atoms with Crippen LogP contribution in [0.1, 0.15) is 43.0 Å². The SMILES string of the molecule is CCNC(=NCc1ccc(CN2CCCCC2)cc1)NCc1cccc(OC)n1. The highest BCUT2D eigenvalue weighted by Gasteiger charge is 2.10. The molecular weight excluding hydrogens is 362 g/mol. The van der Waals surface area contributed by atoms with Crippen LogP contribution >= 0.6 is 0 Å². The van der Waals surface area contributed by atoms with Gasteiger partial charge in [-0.2, -0.15) is 0 Å². The van der Waals surface area contributed by atoms with Gasteiger partial charge < -0.3 is 15.4 Å². The summed E-state index contributed by atoms with van der Waals surface area (Å²) in [5.41, 5.74) is 3.51. The largest absolute Gasteiger partial charge is 0.481 e. The van der Waals surface area contributed by atoms with Crippen LogP contribution in [0.25, 0.3) is 0 Å². The highest BCUT2D eigenvalue weighted by molar-refractivity contribution is 5.79. The maximum Gasteiger partial charge on any atom is 0.213 e. The molecule has 1 aromatic heterocycles. The van der Waals surface area contributed by atoms with Gasteiger partial charge in [0.05, 0.1) is 25.9 Å². The quantitative estimate of drug-likeness (QED) is 0.530. The van der Waals surface area contributed by atoms with Crippen molar-refractivity contribution in [2.24, 2.45) is 4.99 Å². The molecule has 1 aliphatic heterocycles. The predicted octanol–water partition coefficient (Wildman–Crippen LogP) is 3.33. The fourth-order valence-electron chi connectivity index (χ4n) is 3.48. The fraction of sp³-hybridized carbons (Fsp3) is 0.478. The molecule has 0 aliphatic carbocycles. The Balaban J connectivity index is 1.53. The summed E-state index contributed by atoms with van der Waals surface area (Å²) in [6.45, 7) is 7.63. The third-order valence-corrected chi connectivity index (χ3v) is 5.07. The lowest BCUT2D eigenvalue weighted by Crippen LogP contribution is -2.37. The van der Waals surface area contributed by atoms with Crippen LogP contribution in [0.2, 0.25) is 0 Å². The van der Waals surface area contributed by atoms with E-state index >= 15 is 0 Å². The Morgan fingerprint density at radius 3 is 2.52 bits per heavy atom. The topological polar surface area (TPSA) is 61.8 Å². The number of guanidine groups is 1. The first-order valence-electron chi connectivity index (χ1n) is 10.6. The number of nitrogens with zero attached hydrogens (tertiary/aromatic N) is 3. The van der Waals surface area contributed by atoms with Gasteiger partial charge in [0.15, 0.2) is 5.96 Å². The van der Waals surface area contributed by atoms with Crippen molar-refractivity contribution in [1.82, 2.24) is 20.5 Å². The third kappa shape index (κ3) is 7.06. The minimum absolute atomic E-state index is 0.595. The first-order valence-corrected chi connectivity index (χ1v) is 10.6. The van der Waals surface area contributed by atoms with E-state index in [1.807, 2.05) is 18.2 Å². The molecule has 1 aliphatic rings. The summed E-state index contributed by atoms with van der Waals surface area (Å²) in [6, 6.07) is 14.6. The number of aromatic nitrogens is 1. The van der Waals surface area contributed by atoms with Crippen LogP contribution < -0.4 is 15.4 Å². The summed E-state index contributed by atoms with van der Waals surface area (Å²) in [5, 5.41) is 6.63. The number of methoxy groups -OCH3 is 1. The number of aliphatic imine (C=N–C) groups is 1. The average molecular weight is 396 g/mol. The summed E-state index contributed by atoms with van der Waals surface area (Å²) in [7, 11) is 1.63. The number of ether oxygens (including phenoxy) is 1. The molecule has 0 spiro atoms. The van der Waals surface area contributed by atoms with Crippen LogP contribution in [0.15, 0.2) is 47.5 Å². The zero-order chi connectivity index (χ0) is 20.3. The summed E-state index contributed by atoms with van der Waals surface area (Å²) >= 11 is 0. The van der Waals surface area contributed by atoms with Gasteiger partial charge in [0.2, 0.25) is 5.88 Å². The molecule has 0 amide bonds. The number of hydrogen-bond acceptors (Lipinski definition) is 4. The van der Waals surface area contributed by atoms with Crippen LogP contribution in [0.4, 0.5) is 0 Å². The van der Waals surface area contributed by atoms with Crippen LogP contribution in [0.5, 0.6) is 5.88 Å². The molecule has 0 saturated carbocycles. The Morgan fingerprint density at radius 1 is 1.03 bits per heavy atom. The number of nitrogens with one attached hydrogen (secondary N) is 2. The maximum atomic E-state index is 5.18. The van der Waals surface area contributed by atoms with Crippen molar-refractivity contribution >= 4 is 5.96 Å². The zero-order valence-corrected chi connectivity index (χ0v) is 17.7. The van der Waals surface area contributed by atoms with Gasteiger partial charge >= 0.3 is 0 Å². The smallest absolute Gasteiger partial charge is 0.213 e. The number of benzene rings is 1. The Labute approximate surface area is 174 Å². The monoisotopic (exact) mass is 395 g/mol. The van der Waals surface area contributed by atoms with Gasteiger partial charge in [0.25, 0.3) is 0 Å². The molecule has 6 heteroatoms. The first-order chi connectivity index (χ1) is 14.3. The third-order valence-electron chi connectivity index (χ3n) is 5.07. The average Bonchev–Trinajstić information content (AvgIpc) is 2.77. The van der Waals surface area contributed by atoms with E-state index in [0.717, 1.165) is 24.7 Å². The minimum Gasteiger partial charge on any atom is -0.481 e. The van der Waals surface area contributed by atoms with E-state index in [9.17, 15) is 0 Å². The molecular formula is C23H33N5O. The number of piperidine rings is 1. The normalized spacial score (nSPS) is 15.2. The van der Waals surface area contributed by atoms with Crippen LogP contribution in [-0.2, 0) is 19.6 Å². The van der Waals surface area contributed by atoms with Crippen molar-refractivity contribution in [2.45, 2.75) is 45.8 Å². The second kappa shape index (κ2) is 11.4. The van der Waals surface area contributed by atoms with Crippen LogP contribution in [0, 0.1) is 0 Å². The summed E-state index contributed by atoms with van der Waals surface area (Å²) in [4.78, 5) is 11.7. The molecule has 0 radical (unpaired) electrons. The second-order valence-corrected chi connectivity index (χ2v) is 7.37. The number of hydrogen-bond donors (Lipinski definition) is 2. The molecule has 156 valence electrons. The van der Waals surface area contributed by atoms with Crippen molar-refractivity contribution in [3.05, 3.63) is 59.3 Å². The van der Waals surface area contributed by atoms with E-state index in [0.29, 0.717) is 19.0 Å². The lowest BCUT2D eigenvalue weighted by atomic mass is 10.1. The standard InChI is InChI=1S/C23H33N5O/c1-3-24-23(26-17-21-8-7-9-22(27-21)29-2)25-16-19-10-12-20(13-11-19)18-28-14-5-4-6-15-28/h7-13H,3-6,14-18H2,1-2H3,(H2,24,25,26). The summed E-state index contributed by atoms with van der Waals surface area (Å²) in [5.74, 6) is 1.41. The number of pyridine rings is 1. The molecule has 1 aromatic carbocycles. The number of likely N-dealkylation sites (tertiary alicyclic amines) is 1. The van der Waals surface area contributed by atoms with Crippen LogP contribution in [0.3, 0.4) is 0 Å².